The summed E-state index contributed by atoms with van der Waals surface area (Å²) in [5.41, 5.74) is 6.58. The second-order valence-corrected chi connectivity index (χ2v) is 13.8. The summed E-state index contributed by atoms with van der Waals surface area (Å²) in [5, 5.41) is 17.3. The second-order valence-electron chi connectivity index (χ2n) is 13.8. The molecule has 0 saturated carbocycles. The number of hydrogen-bond donors (Lipinski definition) is 2. The van der Waals surface area contributed by atoms with Crippen molar-refractivity contribution in [1.82, 2.24) is 19.8 Å². The summed E-state index contributed by atoms with van der Waals surface area (Å²) < 4.78 is 0. The number of benzene rings is 6. The third kappa shape index (κ3) is 6.84. The second kappa shape index (κ2) is 15.5. The molecular formula is C46H48N6. The number of fused-ring (bicyclic) bond motifs is 8. The molecule has 0 unspecified atom stereocenters. The number of anilines is 2. The Bertz CT molecular complexity index is 2320. The number of nitrogens with zero attached hydrogens (tertiary/aromatic N) is 4. The third-order valence-electron chi connectivity index (χ3n) is 10.7. The molecule has 0 bridgehead atoms. The van der Waals surface area contributed by atoms with E-state index in [0.717, 1.165) is 87.3 Å². The van der Waals surface area contributed by atoms with Crippen molar-refractivity contribution in [3.8, 4) is 0 Å². The quantitative estimate of drug-likeness (QED) is 0.0637. The van der Waals surface area contributed by atoms with Crippen molar-refractivity contribution in [3.05, 3.63) is 121 Å². The lowest BCUT2D eigenvalue weighted by atomic mass is 10.0. The molecule has 0 aliphatic carbocycles. The van der Waals surface area contributed by atoms with E-state index in [2.05, 4.69) is 156 Å². The molecule has 6 aromatic carbocycles. The van der Waals surface area contributed by atoms with Crippen molar-refractivity contribution in [1.29, 1.82) is 0 Å². The minimum absolute atomic E-state index is 0.902. The van der Waals surface area contributed by atoms with E-state index < -0.39 is 0 Å². The zero-order valence-corrected chi connectivity index (χ0v) is 30.4. The third-order valence-corrected chi connectivity index (χ3v) is 10.7. The van der Waals surface area contributed by atoms with Crippen molar-refractivity contribution < 1.29 is 0 Å². The van der Waals surface area contributed by atoms with Crippen molar-refractivity contribution in [3.63, 3.8) is 0 Å². The molecule has 2 N–H and O–H groups in total. The molecule has 0 aliphatic heterocycles. The minimum atomic E-state index is 0.902. The fourth-order valence-corrected chi connectivity index (χ4v) is 7.82. The Kier molecular flexibility index (Phi) is 10.1. The first-order chi connectivity index (χ1) is 25.7. The minimum Gasteiger partial charge on any atom is -0.384 e. The lowest BCUT2D eigenvalue weighted by molar-refractivity contribution is 0.213. The van der Waals surface area contributed by atoms with Crippen LogP contribution in [0.5, 0.6) is 0 Å². The van der Waals surface area contributed by atoms with E-state index in [9.17, 15) is 0 Å². The number of rotatable bonds is 15. The molecule has 6 heteroatoms. The largest absolute Gasteiger partial charge is 0.384 e. The molecular weight excluding hydrogens is 637 g/mol. The highest BCUT2D eigenvalue weighted by Gasteiger charge is 2.14. The van der Waals surface area contributed by atoms with Crippen molar-refractivity contribution in [2.24, 2.45) is 0 Å². The SMILES string of the molecule is CCN(CC)CCN(CCCNc1c2ccccc2nc2c1ccc1ccccc12)CCCNc1c2ccccc2nc2c1ccc1ccccc12. The van der Waals surface area contributed by atoms with Crippen LogP contribution in [-0.2, 0) is 0 Å². The average molecular weight is 685 g/mol. The molecule has 0 saturated heterocycles. The molecule has 0 radical (unpaired) electrons. The molecule has 6 nitrogen and oxygen atoms in total. The van der Waals surface area contributed by atoms with Gasteiger partial charge >= 0.3 is 0 Å². The van der Waals surface area contributed by atoms with E-state index in [0.29, 0.717) is 0 Å². The summed E-state index contributed by atoms with van der Waals surface area (Å²) in [4.78, 5) is 15.4. The van der Waals surface area contributed by atoms with Crippen LogP contribution in [0.15, 0.2) is 121 Å². The molecule has 2 heterocycles. The van der Waals surface area contributed by atoms with Gasteiger partial charge in [0.2, 0.25) is 0 Å². The molecule has 8 aromatic rings. The first-order valence-electron chi connectivity index (χ1n) is 19.0. The van der Waals surface area contributed by atoms with Gasteiger partial charge in [-0.25, -0.2) is 9.97 Å². The van der Waals surface area contributed by atoms with Crippen molar-refractivity contribution >= 4 is 76.5 Å². The first kappa shape index (κ1) is 33.8. The van der Waals surface area contributed by atoms with Crippen LogP contribution in [0, 0.1) is 0 Å². The van der Waals surface area contributed by atoms with Crippen molar-refractivity contribution in [2.75, 3.05) is 63.0 Å². The van der Waals surface area contributed by atoms with E-state index >= 15 is 0 Å². The van der Waals surface area contributed by atoms with Gasteiger partial charge in [-0.2, -0.15) is 0 Å². The molecule has 0 spiro atoms. The fourth-order valence-electron chi connectivity index (χ4n) is 7.82. The molecule has 0 amide bonds. The van der Waals surface area contributed by atoms with Crippen LogP contribution < -0.4 is 10.6 Å². The van der Waals surface area contributed by atoms with Gasteiger partial charge in [0.1, 0.15) is 0 Å². The van der Waals surface area contributed by atoms with Crippen LogP contribution in [0.1, 0.15) is 26.7 Å². The predicted octanol–water partition coefficient (Wildman–Crippen LogP) is 10.3. The van der Waals surface area contributed by atoms with E-state index in [-0.39, 0.29) is 0 Å². The number of hydrogen-bond acceptors (Lipinski definition) is 6. The monoisotopic (exact) mass is 684 g/mol. The van der Waals surface area contributed by atoms with Gasteiger partial charge in [0.15, 0.2) is 0 Å². The Morgan fingerprint density at radius 3 is 1.33 bits per heavy atom. The van der Waals surface area contributed by atoms with Crippen LogP contribution in [-0.4, -0.2) is 72.1 Å². The smallest absolute Gasteiger partial charge is 0.0808 e. The number of pyridine rings is 2. The Balaban J connectivity index is 0.973. The highest BCUT2D eigenvalue weighted by molar-refractivity contribution is 6.17. The summed E-state index contributed by atoms with van der Waals surface area (Å²) in [6.45, 7) is 12.8. The van der Waals surface area contributed by atoms with E-state index in [1.165, 1.54) is 54.5 Å². The zero-order valence-electron chi connectivity index (χ0n) is 30.4. The average Bonchev–Trinajstić information content (AvgIpc) is 3.20. The number of likely N-dealkylation sites (N-methyl/N-ethyl adjacent to an activating group) is 1. The number of nitrogens with one attached hydrogen (secondary N) is 2. The Hall–Kier alpha value is -5.30. The van der Waals surface area contributed by atoms with Crippen LogP contribution in [0.4, 0.5) is 11.4 Å². The van der Waals surface area contributed by atoms with Gasteiger partial charge in [0, 0.05) is 58.5 Å². The Morgan fingerprint density at radius 2 is 0.846 bits per heavy atom. The summed E-state index contributed by atoms with van der Waals surface area (Å²) in [6, 6.07) is 43.1. The molecule has 2 aromatic heterocycles. The first-order valence-corrected chi connectivity index (χ1v) is 19.0. The summed E-state index contributed by atoms with van der Waals surface area (Å²) in [7, 11) is 0. The summed E-state index contributed by atoms with van der Waals surface area (Å²) >= 11 is 0. The van der Waals surface area contributed by atoms with Gasteiger partial charge in [0.05, 0.1) is 33.4 Å². The molecule has 262 valence electrons. The Morgan fingerprint density at radius 1 is 0.423 bits per heavy atom. The van der Waals surface area contributed by atoms with E-state index in [1.807, 2.05) is 0 Å². The lowest BCUT2D eigenvalue weighted by Gasteiger charge is -2.27. The molecule has 0 fully saturated rings. The maximum Gasteiger partial charge on any atom is 0.0808 e. The van der Waals surface area contributed by atoms with Gasteiger partial charge in [-0.1, -0.05) is 123 Å². The highest BCUT2D eigenvalue weighted by atomic mass is 15.2. The number of aromatic nitrogens is 2. The van der Waals surface area contributed by atoms with Gasteiger partial charge < -0.3 is 20.4 Å². The van der Waals surface area contributed by atoms with Crippen LogP contribution in [0.25, 0.3) is 65.2 Å². The Labute approximate surface area is 306 Å². The maximum absolute atomic E-state index is 5.13. The molecule has 0 atom stereocenters. The van der Waals surface area contributed by atoms with Gasteiger partial charge in [-0.15, -0.1) is 0 Å². The molecule has 8 rings (SSSR count). The lowest BCUT2D eigenvalue weighted by Crippen LogP contribution is -2.37. The maximum atomic E-state index is 5.13. The van der Waals surface area contributed by atoms with Gasteiger partial charge in [0.25, 0.3) is 0 Å². The fraction of sp³-hybridized carbons (Fsp3) is 0.261. The highest BCUT2D eigenvalue weighted by Crippen LogP contribution is 2.36. The molecule has 52 heavy (non-hydrogen) atoms. The van der Waals surface area contributed by atoms with Crippen LogP contribution >= 0.6 is 0 Å². The predicted molar refractivity (Wildman–Crippen MR) is 224 cm³/mol. The summed E-state index contributed by atoms with van der Waals surface area (Å²) in [6.07, 6.45) is 2.12. The summed E-state index contributed by atoms with van der Waals surface area (Å²) in [5.74, 6) is 0. The van der Waals surface area contributed by atoms with Gasteiger partial charge in [-0.05, 0) is 61.9 Å². The standard InChI is InChI=1S/C46H48N6/c1-3-51(4-2)31-32-52(29-13-27-47-43-37-19-9-11-21-41(37)49-45-35-17-7-5-15-33(35)23-25-39(43)45)30-14-28-48-44-38-20-10-12-22-42(38)50-46-36-18-8-6-16-34(36)24-26-40(44)46/h5-12,15-26H,3-4,13-14,27-32H2,1-2H3,(H,47,49)(H,48,50). The normalized spacial score (nSPS) is 12.0. The van der Waals surface area contributed by atoms with Crippen molar-refractivity contribution in [2.45, 2.75) is 26.7 Å². The van der Waals surface area contributed by atoms with E-state index in [1.54, 1.807) is 0 Å². The molecule has 0 aliphatic rings. The van der Waals surface area contributed by atoms with Gasteiger partial charge in [-0.3, -0.25) is 0 Å². The number of para-hydroxylation sites is 2. The topological polar surface area (TPSA) is 56.3 Å². The zero-order chi connectivity index (χ0) is 35.3. The van der Waals surface area contributed by atoms with Crippen LogP contribution in [0.3, 0.4) is 0 Å². The van der Waals surface area contributed by atoms with E-state index in [4.69, 9.17) is 9.97 Å². The van der Waals surface area contributed by atoms with Crippen LogP contribution in [0.2, 0.25) is 0 Å².